The molecular formula is C23H18F3N7OS. The van der Waals surface area contributed by atoms with Gasteiger partial charge < -0.3 is 11.1 Å². The number of H-pyrrole nitrogens is 2. The summed E-state index contributed by atoms with van der Waals surface area (Å²) in [7, 11) is 0. The second kappa shape index (κ2) is 8.64. The zero-order valence-electron chi connectivity index (χ0n) is 18.1. The van der Waals surface area contributed by atoms with E-state index in [1.165, 1.54) is 5.38 Å². The van der Waals surface area contributed by atoms with Gasteiger partial charge in [0, 0.05) is 22.4 Å². The summed E-state index contributed by atoms with van der Waals surface area (Å²) in [6, 6.07) is 12.1. The van der Waals surface area contributed by atoms with Gasteiger partial charge in [-0.1, -0.05) is 18.2 Å². The normalized spacial score (nSPS) is 12.7. The van der Waals surface area contributed by atoms with E-state index in [-0.39, 0.29) is 22.4 Å². The van der Waals surface area contributed by atoms with E-state index in [1.54, 1.807) is 12.3 Å². The fraction of sp³-hybridized carbons (Fsp3) is 0.130. The second-order valence-electron chi connectivity index (χ2n) is 7.93. The number of carbonyl (C=O) groups excluding carboxylic acids is 1. The van der Waals surface area contributed by atoms with Gasteiger partial charge >= 0.3 is 6.18 Å². The van der Waals surface area contributed by atoms with E-state index in [0.717, 1.165) is 45.0 Å². The molecule has 0 radical (unpaired) electrons. The van der Waals surface area contributed by atoms with Crippen LogP contribution in [0.4, 0.5) is 18.9 Å². The molecule has 0 aliphatic heterocycles. The van der Waals surface area contributed by atoms with Gasteiger partial charge in [0.15, 0.2) is 0 Å². The first kappa shape index (κ1) is 22.7. The minimum Gasteiger partial charge on any atom is -0.324 e. The zero-order valence-corrected chi connectivity index (χ0v) is 19.0. The highest BCUT2D eigenvalue weighted by Crippen LogP contribution is 2.34. The Balaban J connectivity index is 1.47. The van der Waals surface area contributed by atoms with Gasteiger partial charge in [0.25, 0.3) is 5.91 Å². The molecule has 5 aromatic rings. The largest absolute Gasteiger partial charge is 0.432 e. The number of benzene rings is 2. The number of fused-ring (bicyclic) bond motifs is 1. The number of hydrogen-bond donors (Lipinski definition) is 4. The Hall–Kier alpha value is -4.03. The lowest BCUT2D eigenvalue weighted by atomic mass is 9.98. The van der Waals surface area contributed by atoms with Gasteiger partial charge in [-0.15, -0.1) is 11.3 Å². The minimum absolute atomic E-state index is 0.00802. The molecule has 5 N–H and O–H groups in total. The van der Waals surface area contributed by atoms with Crippen molar-refractivity contribution >= 4 is 33.8 Å². The number of nitrogens with two attached hydrogens (primary N) is 1. The number of alkyl halides is 3. The average Bonchev–Trinajstić information content (AvgIpc) is 3.58. The first-order valence-corrected chi connectivity index (χ1v) is 11.3. The van der Waals surface area contributed by atoms with Crippen LogP contribution in [-0.4, -0.2) is 31.3 Å². The predicted molar refractivity (Wildman–Crippen MR) is 127 cm³/mol. The first-order chi connectivity index (χ1) is 16.7. The third-order valence-electron chi connectivity index (χ3n) is 5.39. The van der Waals surface area contributed by atoms with Crippen LogP contribution in [0.25, 0.3) is 32.7 Å². The summed E-state index contributed by atoms with van der Waals surface area (Å²) in [4.78, 5) is 17.2. The van der Waals surface area contributed by atoms with Gasteiger partial charge in [-0.25, -0.2) is 4.98 Å². The van der Waals surface area contributed by atoms with E-state index < -0.39 is 17.8 Å². The van der Waals surface area contributed by atoms with Crippen molar-refractivity contribution in [3.8, 4) is 21.8 Å². The predicted octanol–water partition coefficient (Wildman–Crippen LogP) is 5.37. The molecule has 1 amide bonds. The number of rotatable bonds is 5. The van der Waals surface area contributed by atoms with Crippen molar-refractivity contribution in [3.05, 3.63) is 71.0 Å². The van der Waals surface area contributed by atoms with Crippen LogP contribution in [0.2, 0.25) is 0 Å². The number of aromatic nitrogens is 5. The Morgan fingerprint density at radius 1 is 1.17 bits per heavy atom. The molecule has 0 aliphatic rings. The first-order valence-electron chi connectivity index (χ1n) is 10.4. The molecule has 12 heteroatoms. The van der Waals surface area contributed by atoms with Crippen LogP contribution in [0.5, 0.6) is 0 Å². The van der Waals surface area contributed by atoms with Crippen LogP contribution in [0.15, 0.2) is 54.0 Å². The summed E-state index contributed by atoms with van der Waals surface area (Å²) in [5, 5.41) is 17.9. The molecule has 35 heavy (non-hydrogen) atoms. The van der Waals surface area contributed by atoms with E-state index in [0.29, 0.717) is 5.69 Å². The lowest BCUT2D eigenvalue weighted by Gasteiger charge is -2.13. The van der Waals surface area contributed by atoms with Crippen molar-refractivity contribution in [1.29, 1.82) is 0 Å². The number of aromatic amines is 2. The quantitative estimate of drug-likeness (QED) is 0.260. The Labute approximate surface area is 200 Å². The van der Waals surface area contributed by atoms with Crippen molar-refractivity contribution in [3.63, 3.8) is 0 Å². The van der Waals surface area contributed by atoms with E-state index in [2.05, 4.69) is 25.6 Å². The maximum Gasteiger partial charge on any atom is 0.432 e. The molecule has 0 spiro atoms. The van der Waals surface area contributed by atoms with Gasteiger partial charge in [-0.05, 0) is 42.3 Å². The lowest BCUT2D eigenvalue weighted by molar-refractivity contribution is -0.141. The standard InChI is InChI=1S/C23H18F3N7OS/c1-11(27)12-3-2-4-13(5-12)15-6-14-9-28-31-16(14)7-17(15)29-21(34)19-10-35-22(30-19)18-8-20(33-32-18)23(24,25)26/h2-11H,27H2,1H3,(H,28,31)(H,29,34)(H,32,33)/t11-/m0/s1. The maximum absolute atomic E-state index is 13.0. The molecule has 1 atom stereocenters. The topological polar surface area (TPSA) is 125 Å². The molecule has 178 valence electrons. The van der Waals surface area contributed by atoms with Gasteiger partial charge in [-0.3, -0.25) is 15.0 Å². The smallest absolute Gasteiger partial charge is 0.324 e. The number of amides is 1. The molecular weight excluding hydrogens is 479 g/mol. The summed E-state index contributed by atoms with van der Waals surface area (Å²) in [6.45, 7) is 1.89. The van der Waals surface area contributed by atoms with Gasteiger partial charge in [0.05, 0.1) is 17.4 Å². The zero-order chi connectivity index (χ0) is 24.7. The molecule has 0 saturated heterocycles. The van der Waals surface area contributed by atoms with Crippen LogP contribution < -0.4 is 11.1 Å². The summed E-state index contributed by atoms with van der Waals surface area (Å²) in [5.74, 6) is -0.512. The number of nitrogens with zero attached hydrogens (tertiary/aromatic N) is 3. The number of anilines is 1. The van der Waals surface area contributed by atoms with E-state index >= 15 is 0 Å². The number of nitrogens with one attached hydrogen (secondary N) is 3. The second-order valence-corrected chi connectivity index (χ2v) is 8.78. The number of hydrogen-bond acceptors (Lipinski definition) is 6. The fourth-order valence-corrected chi connectivity index (χ4v) is 4.34. The molecule has 0 saturated carbocycles. The summed E-state index contributed by atoms with van der Waals surface area (Å²) in [5.41, 5.74) is 8.91. The highest BCUT2D eigenvalue weighted by Gasteiger charge is 2.33. The molecule has 0 fully saturated rings. The Bertz CT molecular complexity index is 1530. The summed E-state index contributed by atoms with van der Waals surface area (Å²) in [6.07, 6.45) is -2.87. The van der Waals surface area contributed by atoms with Crippen LogP contribution in [0, 0.1) is 0 Å². The van der Waals surface area contributed by atoms with Crippen LogP contribution in [0.3, 0.4) is 0 Å². The van der Waals surface area contributed by atoms with Gasteiger partial charge in [0.2, 0.25) is 0 Å². The lowest BCUT2D eigenvalue weighted by Crippen LogP contribution is -2.13. The van der Waals surface area contributed by atoms with E-state index in [1.807, 2.05) is 42.4 Å². The SMILES string of the molecule is C[C@H](N)c1cccc(-c2cc3cn[nH]c3cc2NC(=O)c2csc(-c3cc(C(F)(F)F)[nH]n3)n2)c1. The van der Waals surface area contributed by atoms with Crippen LogP contribution in [-0.2, 0) is 6.18 Å². The summed E-state index contributed by atoms with van der Waals surface area (Å²) < 4.78 is 38.6. The Kier molecular flexibility index (Phi) is 5.61. The molecule has 3 heterocycles. The molecule has 2 aromatic carbocycles. The van der Waals surface area contributed by atoms with Crippen LogP contribution >= 0.6 is 11.3 Å². The van der Waals surface area contributed by atoms with Crippen LogP contribution in [0.1, 0.15) is 34.7 Å². The Morgan fingerprint density at radius 2 is 2.00 bits per heavy atom. The van der Waals surface area contributed by atoms with Crippen molar-refractivity contribution in [2.24, 2.45) is 5.73 Å². The number of thiazole rings is 1. The molecule has 0 aliphatic carbocycles. The highest BCUT2D eigenvalue weighted by atomic mass is 32.1. The third kappa shape index (κ3) is 4.53. The average molecular weight is 498 g/mol. The third-order valence-corrected chi connectivity index (χ3v) is 6.25. The molecule has 8 nitrogen and oxygen atoms in total. The van der Waals surface area contributed by atoms with Crippen molar-refractivity contribution in [2.45, 2.75) is 19.1 Å². The molecule has 0 unspecified atom stereocenters. The van der Waals surface area contributed by atoms with Gasteiger partial charge in [0.1, 0.15) is 22.1 Å². The van der Waals surface area contributed by atoms with Crippen molar-refractivity contribution < 1.29 is 18.0 Å². The number of halogens is 3. The van der Waals surface area contributed by atoms with E-state index in [4.69, 9.17) is 5.73 Å². The number of carbonyl (C=O) groups is 1. The van der Waals surface area contributed by atoms with Crippen molar-refractivity contribution in [2.75, 3.05) is 5.32 Å². The van der Waals surface area contributed by atoms with Gasteiger partial charge in [-0.2, -0.15) is 23.4 Å². The molecule has 5 rings (SSSR count). The molecule has 3 aromatic heterocycles. The highest BCUT2D eigenvalue weighted by molar-refractivity contribution is 7.13. The summed E-state index contributed by atoms with van der Waals surface area (Å²) >= 11 is 1.02. The maximum atomic E-state index is 13.0. The fourth-order valence-electron chi connectivity index (χ4n) is 3.58. The minimum atomic E-state index is -4.55. The molecule has 0 bridgehead atoms. The van der Waals surface area contributed by atoms with Crippen molar-refractivity contribution in [1.82, 2.24) is 25.4 Å². The Morgan fingerprint density at radius 3 is 2.74 bits per heavy atom. The van der Waals surface area contributed by atoms with E-state index in [9.17, 15) is 18.0 Å². The monoisotopic (exact) mass is 497 g/mol.